The summed E-state index contributed by atoms with van der Waals surface area (Å²) in [5.41, 5.74) is 5.39. The lowest BCUT2D eigenvalue weighted by Gasteiger charge is -2.36. The minimum atomic E-state index is -0.927. The van der Waals surface area contributed by atoms with E-state index in [0.717, 1.165) is 32.5 Å². The highest BCUT2D eigenvalue weighted by Crippen LogP contribution is 2.37. The Balaban J connectivity index is 1.79. The van der Waals surface area contributed by atoms with Crippen molar-refractivity contribution in [3.05, 3.63) is 0 Å². The molecule has 6 heteroatoms. The molecule has 0 aromatic heterocycles. The Hall–Kier alpha value is -0.300. The van der Waals surface area contributed by atoms with Gasteiger partial charge in [-0.3, -0.25) is 4.79 Å². The molecule has 0 radical (unpaired) electrons. The van der Waals surface area contributed by atoms with Gasteiger partial charge in [0.15, 0.2) is 0 Å². The van der Waals surface area contributed by atoms with E-state index in [1.807, 2.05) is 0 Å². The summed E-state index contributed by atoms with van der Waals surface area (Å²) in [5.74, 6) is -0.458. The zero-order chi connectivity index (χ0) is 12.3. The lowest BCUT2D eigenvalue weighted by Crippen LogP contribution is -2.42. The minimum Gasteiger partial charge on any atom is -0.480 e. The third-order valence-electron chi connectivity index (χ3n) is 3.34. The van der Waals surface area contributed by atoms with Crippen LogP contribution in [0.4, 0.5) is 0 Å². The van der Waals surface area contributed by atoms with E-state index in [0.29, 0.717) is 17.6 Å². The van der Waals surface area contributed by atoms with E-state index < -0.39 is 12.0 Å². The average molecular weight is 261 g/mol. The van der Waals surface area contributed by atoms with Crippen molar-refractivity contribution in [3.63, 3.8) is 0 Å². The number of nitrogens with two attached hydrogens (primary N) is 1. The molecule has 0 bridgehead atoms. The molecule has 2 fully saturated rings. The molecule has 0 saturated carbocycles. The Kier molecular flexibility index (Phi) is 4.30. The highest BCUT2D eigenvalue weighted by Gasteiger charge is 2.41. The Morgan fingerprint density at radius 3 is 3.06 bits per heavy atom. The molecule has 2 aliphatic rings. The number of hydrogen-bond acceptors (Lipinski definition) is 5. The second-order valence-corrected chi connectivity index (χ2v) is 6.06. The summed E-state index contributed by atoms with van der Waals surface area (Å²) in [6.07, 6.45) is 2.87. The fourth-order valence-electron chi connectivity index (χ4n) is 2.30. The van der Waals surface area contributed by atoms with Crippen LogP contribution in [0.25, 0.3) is 0 Å². The van der Waals surface area contributed by atoms with Crippen molar-refractivity contribution >= 4 is 17.7 Å². The van der Waals surface area contributed by atoms with E-state index in [-0.39, 0.29) is 5.60 Å². The zero-order valence-electron chi connectivity index (χ0n) is 9.76. The van der Waals surface area contributed by atoms with Crippen LogP contribution in [-0.2, 0) is 14.3 Å². The highest BCUT2D eigenvalue weighted by atomic mass is 32.2. The maximum atomic E-state index is 10.6. The van der Waals surface area contributed by atoms with Crippen LogP contribution in [0.1, 0.15) is 19.3 Å². The van der Waals surface area contributed by atoms with Gasteiger partial charge < -0.3 is 20.3 Å². The number of rotatable bonds is 4. The number of hydrogen-bond donors (Lipinski definition) is 2. The minimum absolute atomic E-state index is 0.108. The SMILES string of the molecule is NC(CSC1CCOC2(CCOC2)C1)C(=O)O. The highest BCUT2D eigenvalue weighted by molar-refractivity contribution is 8.00. The van der Waals surface area contributed by atoms with Gasteiger partial charge >= 0.3 is 5.97 Å². The molecule has 0 aliphatic carbocycles. The molecule has 98 valence electrons. The molecule has 0 aromatic carbocycles. The lowest BCUT2D eigenvalue weighted by atomic mass is 9.93. The fraction of sp³-hybridized carbons (Fsp3) is 0.909. The van der Waals surface area contributed by atoms with Crippen molar-refractivity contribution in [1.29, 1.82) is 0 Å². The number of carboxylic acid groups (broad SMARTS) is 1. The number of thioether (sulfide) groups is 1. The molecule has 3 N–H and O–H groups in total. The van der Waals surface area contributed by atoms with E-state index in [1.54, 1.807) is 11.8 Å². The van der Waals surface area contributed by atoms with Crippen LogP contribution in [0.3, 0.4) is 0 Å². The van der Waals surface area contributed by atoms with Gasteiger partial charge in [0.1, 0.15) is 6.04 Å². The van der Waals surface area contributed by atoms with E-state index in [2.05, 4.69) is 0 Å². The smallest absolute Gasteiger partial charge is 0.321 e. The first-order chi connectivity index (χ1) is 8.11. The van der Waals surface area contributed by atoms with Crippen molar-refractivity contribution in [2.24, 2.45) is 5.73 Å². The van der Waals surface area contributed by atoms with Crippen molar-refractivity contribution in [2.45, 2.75) is 36.2 Å². The maximum absolute atomic E-state index is 10.6. The second kappa shape index (κ2) is 5.56. The predicted octanol–water partition coefficient (Wildman–Crippen LogP) is 0.470. The van der Waals surface area contributed by atoms with Gasteiger partial charge in [0.2, 0.25) is 0 Å². The molecule has 5 nitrogen and oxygen atoms in total. The Bertz CT molecular complexity index is 281. The van der Waals surface area contributed by atoms with Gasteiger partial charge in [-0.1, -0.05) is 0 Å². The Morgan fingerprint density at radius 1 is 1.59 bits per heavy atom. The van der Waals surface area contributed by atoms with Gasteiger partial charge in [-0.25, -0.2) is 0 Å². The van der Waals surface area contributed by atoms with E-state index in [9.17, 15) is 4.79 Å². The summed E-state index contributed by atoms with van der Waals surface area (Å²) in [4.78, 5) is 10.6. The largest absolute Gasteiger partial charge is 0.480 e. The Labute approximate surface area is 105 Å². The van der Waals surface area contributed by atoms with Crippen molar-refractivity contribution in [1.82, 2.24) is 0 Å². The van der Waals surface area contributed by atoms with Crippen molar-refractivity contribution < 1.29 is 19.4 Å². The molecule has 1 spiro atoms. The molecule has 2 heterocycles. The molecular weight excluding hydrogens is 242 g/mol. The van der Waals surface area contributed by atoms with Crippen LogP contribution >= 0.6 is 11.8 Å². The summed E-state index contributed by atoms with van der Waals surface area (Å²) < 4.78 is 11.2. The van der Waals surface area contributed by atoms with Gasteiger partial charge in [-0.05, 0) is 12.8 Å². The van der Waals surface area contributed by atoms with Gasteiger partial charge in [0, 0.05) is 30.6 Å². The van der Waals surface area contributed by atoms with Crippen LogP contribution in [-0.4, -0.2) is 53.5 Å². The third kappa shape index (κ3) is 3.34. The standard InChI is InChI=1S/C11H19NO4S/c12-9(10(13)14)6-17-8-1-3-16-11(5-8)2-4-15-7-11/h8-9H,1-7,12H2,(H,13,14). The van der Waals surface area contributed by atoms with E-state index in [1.165, 1.54) is 0 Å². The summed E-state index contributed by atoms with van der Waals surface area (Å²) in [5, 5.41) is 9.17. The molecule has 0 aromatic rings. The Morgan fingerprint density at radius 2 is 2.41 bits per heavy atom. The van der Waals surface area contributed by atoms with Gasteiger partial charge in [-0.15, -0.1) is 0 Å². The molecule has 0 amide bonds. The number of carbonyl (C=O) groups is 1. The molecule has 2 rings (SSSR count). The van der Waals surface area contributed by atoms with Crippen LogP contribution < -0.4 is 5.73 Å². The van der Waals surface area contributed by atoms with E-state index in [4.69, 9.17) is 20.3 Å². The van der Waals surface area contributed by atoms with E-state index >= 15 is 0 Å². The van der Waals surface area contributed by atoms with Crippen LogP contribution in [0.2, 0.25) is 0 Å². The number of aliphatic carboxylic acids is 1. The second-order valence-electron chi connectivity index (χ2n) is 4.73. The molecule has 3 unspecified atom stereocenters. The molecule has 2 aliphatic heterocycles. The maximum Gasteiger partial charge on any atom is 0.321 e. The van der Waals surface area contributed by atoms with Crippen LogP contribution in [0, 0.1) is 0 Å². The quantitative estimate of drug-likeness (QED) is 0.765. The molecular formula is C11H19NO4S. The van der Waals surface area contributed by atoms with Gasteiger partial charge in [0.05, 0.1) is 12.2 Å². The van der Waals surface area contributed by atoms with Crippen molar-refractivity contribution in [2.75, 3.05) is 25.6 Å². The fourth-order valence-corrected chi connectivity index (χ4v) is 3.61. The number of carboxylic acids is 1. The first kappa shape index (κ1) is 13.1. The third-order valence-corrected chi connectivity index (χ3v) is 4.77. The monoisotopic (exact) mass is 261 g/mol. The predicted molar refractivity (Wildman–Crippen MR) is 65.2 cm³/mol. The van der Waals surface area contributed by atoms with Gasteiger partial charge in [0.25, 0.3) is 0 Å². The van der Waals surface area contributed by atoms with Gasteiger partial charge in [-0.2, -0.15) is 11.8 Å². The normalized spacial score (nSPS) is 35.0. The summed E-state index contributed by atoms with van der Waals surface area (Å²) >= 11 is 1.65. The summed E-state index contributed by atoms with van der Waals surface area (Å²) in [7, 11) is 0. The van der Waals surface area contributed by atoms with Crippen molar-refractivity contribution in [3.8, 4) is 0 Å². The average Bonchev–Trinajstić information content (AvgIpc) is 2.74. The zero-order valence-corrected chi connectivity index (χ0v) is 10.6. The first-order valence-corrected chi connectivity index (χ1v) is 6.98. The van der Waals surface area contributed by atoms with Crippen LogP contribution in [0.15, 0.2) is 0 Å². The summed E-state index contributed by atoms with van der Waals surface area (Å²) in [6, 6.07) is -0.765. The topological polar surface area (TPSA) is 81.8 Å². The summed E-state index contributed by atoms with van der Waals surface area (Å²) in [6.45, 7) is 2.18. The molecule has 2 saturated heterocycles. The van der Waals surface area contributed by atoms with Crippen LogP contribution in [0.5, 0.6) is 0 Å². The molecule has 17 heavy (non-hydrogen) atoms. The molecule has 3 atom stereocenters. The lowest BCUT2D eigenvalue weighted by molar-refractivity contribution is -0.137. The number of ether oxygens (including phenoxy) is 2. The first-order valence-electron chi connectivity index (χ1n) is 5.93.